The molecule has 2 N–H and O–H groups in total. The molecule has 1 unspecified atom stereocenters. The van der Waals surface area contributed by atoms with Crippen LogP contribution in [0.3, 0.4) is 0 Å². The predicted molar refractivity (Wildman–Crippen MR) is 105 cm³/mol. The summed E-state index contributed by atoms with van der Waals surface area (Å²) >= 11 is 0. The number of carbonyl (C=O) groups excluding carboxylic acids is 3. The zero-order chi connectivity index (χ0) is 20.8. The van der Waals surface area contributed by atoms with Crippen LogP contribution in [0.25, 0.3) is 0 Å². The van der Waals surface area contributed by atoms with Gasteiger partial charge in [0, 0.05) is 18.7 Å². The maximum absolute atomic E-state index is 12.8. The molecule has 8 nitrogen and oxygen atoms in total. The molecule has 1 heterocycles. The summed E-state index contributed by atoms with van der Waals surface area (Å²) in [7, 11) is 1.52. The lowest BCUT2D eigenvalue weighted by Crippen LogP contribution is -2.51. The number of likely N-dealkylation sites (N-methyl/N-ethyl adjacent to an activating group) is 1. The number of nitrogens with one attached hydrogen (secondary N) is 2. The van der Waals surface area contributed by atoms with Crippen molar-refractivity contribution in [1.82, 2.24) is 15.4 Å². The second-order valence-corrected chi connectivity index (χ2v) is 7.13. The summed E-state index contributed by atoms with van der Waals surface area (Å²) in [6.07, 6.45) is 0. The molecule has 0 aliphatic rings. The molecule has 0 saturated heterocycles. The third kappa shape index (κ3) is 5.67. The molecule has 0 aliphatic heterocycles. The Labute approximate surface area is 164 Å². The fraction of sp³-hybridized carbons (Fsp3) is 0.400. The van der Waals surface area contributed by atoms with Gasteiger partial charge in [0.05, 0.1) is 6.54 Å². The van der Waals surface area contributed by atoms with Crippen LogP contribution in [-0.4, -0.2) is 47.4 Å². The Morgan fingerprint density at radius 2 is 1.79 bits per heavy atom. The first kappa shape index (κ1) is 21.1. The van der Waals surface area contributed by atoms with Crippen molar-refractivity contribution >= 4 is 23.5 Å². The highest BCUT2D eigenvalue weighted by Gasteiger charge is 2.28. The number of aryl methyl sites for hydroxylation is 2. The van der Waals surface area contributed by atoms with Gasteiger partial charge in [0.2, 0.25) is 11.8 Å². The summed E-state index contributed by atoms with van der Waals surface area (Å²) in [6.45, 7) is 7.15. The van der Waals surface area contributed by atoms with Gasteiger partial charge in [-0.15, -0.1) is 0 Å². The zero-order valence-corrected chi connectivity index (χ0v) is 16.8. The molecular weight excluding hydrogens is 360 g/mol. The average Bonchev–Trinajstić information content (AvgIpc) is 3.03. The van der Waals surface area contributed by atoms with Gasteiger partial charge in [-0.2, -0.15) is 0 Å². The Balaban J connectivity index is 1.99. The molecule has 2 rings (SSSR count). The number of carbonyl (C=O) groups is 3. The molecule has 2 aromatic rings. The van der Waals surface area contributed by atoms with Gasteiger partial charge < -0.3 is 20.1 Å². The molecule has 0 fully saturated rings. The lowest BCUT2D eigenvalue weighted by molar-refractivity contribution is -0.135. The minimum Gasteiger partial charge on any atom is -0.360 e. The van der Waals surface area contributed by atoms with Gasteiger partial charge in [0.25, 0.3) is 5.91 Å². The van der Waals surface area contributed by atoms with Crippen molar-refractivity contribution < 1.29 is 18.9 Å². The Morgan fingerprint density at radius 1 is 1.14 bits per heavy atom. The number of anilines is 1. The standard InChI is InChI=1S/C20H26N4O4/c1-12(2)18(22-19(26)15-8-6-13(3)7-9-15)20(27)24(5)11-17(25)21-16-10-14(4)28-23-16/h6-10,12,18H,11H2,1-5H3,(H,22,26)(H,21,23,25). The molecule has 0 saturated carbocycles. The van der Waals surface area contributed by atoms with Gasteiger partial charge >= 0.3 is 0 Å². The molecular formula is C20H26N4O4. The minimum absolute atomic E-state index is 0.148. The maximum atomic E-state index is 12.8. The molecule has 0 aliphatic carbocycles. The van der Waals surface area contributed by atoms with Gasteiger partial charge in [0.1, 0.15) is 11.8 Å². The number of hydrogen-bond donors (Lipinski definition) is 2. The first-order valence-electron chi connectivity index (χ1n) is 9.03. The number of nitrogens with zero attached hydrogens (tertiary/aromatic N) is 2. The molecule has 150 valence electrons. The van der Waals surface area contributed by atoms with Crippen LogP contribution in [-0.2, 0) is 9.59 Å². The molecule has 3 amide bonds. The first-order chi connectivity index (χ1) is 13.2. The van der Waals surface area contributed by atoms with Crippen LogP contribution in [0, 0.1) is 19.8 Å². The van der Waals surface area contributed by atoms with E-state index in [2.05, 4.69) is 15.8 Å². The largest absolute Gasteiger partial charge is 0.360 e. The average molecular weight is 386 g/mol. The van der Waals surface area contributed by atoms with Gasteiger partial charge in [-0.05, 0) is 31.9 Å². The van der Waals surface area contributed by atoms with E-state index in [9.17, 15) is 14.4 Å². The predicted octanol–water partition coefficient (Wildman–Crippen LogP) is 2.14. The van der Waals surface area contributed by atoms with Crippen LogP contribution in [0.5, 0.6) is 0 Å². The SMILES string of the molecule is Cc1ccc(C(=O)NC(C(=O)N(C)CC(=O)Nc2cc(C)on2)C(C)C)cc1. The van der Waals surface area contributed by atoms with E-state index in [0.29, 0.717) is 11.3 Å². The summed E-state index contributed by atoms with van der Waals surface area (Å²) in [6, 6.07) is 7.93. The fourth-order valence-electron chi connectivity index (χ4n) is 2.58. The van der Waals surface area contributed by atoms with E-state index in [-0.39, 0.29) is 30.1 Å². The summed E-state index contributed by atoms with van der Waals surface area (Å²) < 4.78 is 4.89. The van der Waals surface area contributed by atoms with Crippen LogP contribution in [0.15, 0.2) is 34.9 Å². The lowest BCUT2D eigenvalue weighted by atomic mass is 10.0. The molecule has 1 atom stereocenters. The van der Waals surface area contributed by atoms with E-state index in [1.54, 1.807) is 25.1 Å². The van der Waals surface area contributed by atoms with E-state index in [0.717, 1.165) is 5.56 Å². The third-order valence-corrected chi connectivity index (χ3v) is 4.19. The highest BCUT2D eigenvalue weighted by Crippen LogP contribution is 2.10. The van der Waals surface area contributed by atoms with Crippen molar-refractivity contribution in [2.24, 2.45) is 5.92 Å². The Bertz CT molecular complexity index is 842. The molecule has 1 aromatic heterocycles. The van der Waals surface area contributed by atoms with Crippen molar-refractivity contribution in [3.63, 3.8) is 0 Å². The van der Waals surface area contributed by atoms with Crippen LogP contribution < -0.4 is 10.6 Å². The number of hydrogen-bond acceptors (Lipinski definition) is 5. The van der Waals surface area contributed by atoms with Gasteiger partial charge in [-0.3, -0.25) is 14.4 Å². The number of benzene rings is 1. The monoisotopic (exact) mass is 386 g/mol. The van der Waals surface area contributed by atoms with Crippen LogP contribution in [0.1, 0.15) is 35.5 Å². The Morgan fingerprint density at radius 3 is 2.32 bits per heavy atom. The quantitative estimate of drug-likeness (QED) is 0.759. The van der Waals surface area contributed by atoms with E-state index >= 15 is 0 Å². The van der Waals surface area contributed by atoms with Crippen molar-refractivity contribution in [3.05, 3.63) is 47.2 Å². The van der Waals surface area contributed by atoms with Crippen LogP contribution >= 0.6 is 0 Å². The highest BCUT2D eigenvalue weighted by molar-refractivity contribution is 5.99. The maximum Gasteiger partial charge on any atom is 0.251 e. The second-order valence-electron chi connectivity index (χ2n) is 7.13. The van der Waals surface area contributed by atoms with E-state index in [1.165, 1.54) is 11.9 Å². The van der Waals surface area contributed by atoms with Gasteiger partial charge in [-0.1, -0.05) is 36.7 Å². The molecule has 0 bridgehead atoms. The highest BCUT2D eigenvalue weighted by atomic mass is 16.5. The summed E-state index contributed by atoms with van der Waals surface area (Å²) in [5.41, 5.74) is 1.52. The molecule has 8 heteroatoms. The van der Waals surface area contributed by atoms with E-state index < -0.39 is 11.9 Å². The fourth-order valence-corrected chi connectivity index (χ4v) is 2.58. The lowest BCUT2D eigenvalue weighted by Gasteiger charge is -2.26. The number of aromatic nitrogens is 1. The van der Waals surface area contributed by atoms with Crippen molar-refractivity contribution in [3.8, 4) is 0 Å². The van der Waals surface area contributed by atoms with Gasteiger partial charge in [0.15, 0.2) is 5.82 Å². The van der Waals surface area contributed by atoms with Gasteiger partial charge in [-0.25, -0.2) is 0 Å². The second kappa shape index (κ2) is 9.16. The van der Waals surface area contributed by atoms with E-state index in [4.69, 9.17) is 4.52 Å². The first-order valence-corrected chi connectivity index (χ1v) is 9.03. The summed E-state index contributed by atoms with van der Waals surface area (Å²) in [4.78, 5) is 38.7. The van der Waals surface area contributed by atoms with Crippen LogP contribution in [0.4, 0.5) is 5.82 Å². The normalized spacial score (nSPS) is 11.8. The molecule has 0 radical (unpaired) electrons. The summed E-state index contributed by atoms with van der Waals surface area (Å²) in [5, 5.41) is 9.02. The molecule has 28 heavy (non-hydrogen) atoms. The molecule has 0 spiro atoms. The Kier molecular flexibility index (Phi) is 6.92. The van der Waals surface area contributed by atoms with Crippen molar-refractivity contribution in [1.29, 1.82) is 0 Å². The smallest absolute Gasteiger partial charge is 0.251 e. The van der Waals surface area contributed by atoms with Crippen LogP contribution in [0.2, 0.25) is 0 Å². The minimum atomic E-state index is -0.749. The topological polar surface area (TPSA) is 105 Å². The van der Waals surface area contributed by atoms with Crippen molar-refractivity contribution in [2.75, 3.05) is 18.9 Å². The van der Waals surface area contributed by atoms with Crippen molar-refractivity contribution in [2.45, 2.75) is 33.7 Å². The number of amides is 3. The number of rotatable bonds is 7. The zero-order valence-electron chi connectivity index (χ0n) is 16.8. The molecule has 1 aromatic carbocycles. The summed E-state index contributed by atoms with van der Waals surface area (Å²) in [5.74, 6) is -0.373. The third-order valence-electron chi connectivity index (χ3n) is 4.19. The van der Waals surface area contributed by atoms with E-state index in [1.807, 2.05) is 32.9 Å². The Hall–Kier alpha value is -3.16.